The molecule has 13 heavy (non-hydrogen) atoms. The number of hydrogen-bond acceptors (Lipinski definition) is 1. The number of halogens is 2. The van der Waals surface area contributed by atoms with Gasteiger partial charge in [0.05, 0.1) is 11.1 Å². The minimum absolute atomic E-state index is 0.0214. The summed E-state index contributed by atoms with van der Waals surface area (Å²) in [5.41, 5.74) is 0.960. The summed E-state index contributed by atoms with van der Waals surface area (Å²) in [6.07, 6.45) is 5.24. The molecule has 0 amide bonds. The topological polar surface area (TPSA) is 12.0 Å². The average molecular weight is 259 g/mol. The fraction of sp³-hybridized carbons (Fsp3) is 0.200. The van der Waals surface area contributed by atoms with E-state index in [-0.39, 0.29) is 6.04 Å². The summed E-state index contributed by atoms with van der Waals surface area (Å²) < 4.78 is 0.864. The number of terminal acetylenes is 1. The molecule has 1 N–H and O–H groups in total. The van der Waals surface area contributed by atoms with Crippen LogP contribution >= 0.6 is 27.5 Å². The molecule has 1 aromatic carbocycles. The van der Waals surface area contributed by atoms with Crippen LogP contribution in [0.1, 0.15) is 6.92 Å². The molecule has 0 aromatic heterocycles. The Balaban J connectivity index is 2.81. The summed E-state index contributed by atoms with van der Waals surface area (Å²) in [4.78, 5) is 0. The Morgan fingerprint density at radius 2 is 2.31 bits per heavy atom. The Hall–Kier alpha value is -0.650. The molecule has 0 fully saturated rings. The van der Waals surface area contributed by atoms with Crippen molar-refractivity contribution in [3.8, 4) is 12.3 Å². The van der Waals surface area contributed by atoms with Gasteiger partial charge in [0.1, 0.15) is 0 Å². The zero-order chi connectivity index (χ0) is 9.84. The first-order valence-corrected chi connectivity index (χ1v) is 4.98. The molecule has 0 spiro atoms. The molecule has 0 bridgehead atoms. The molecular weight excluding hydrogens is 249 g/mol. The smallest absolute Gasteiger partial charge is 0.0845 e. The van der Waals surface area contributed by atoms with Gasteiger partial charge in [-0.15, -0.1) is 6.42 Å². The Bertz CT molecular complexity index is 343. The van der Waals surface area contributed by atoms with Crippen LogP contribution in [-0.4, -0.2) is 6.04 Å². The van der Waals surface area contributed by atoms with E-state index in [0.717, 1.165) is 10.2 Å². The molecule has 1 nitrogen and oxygen atoms in total. The third-order valence-corrected chi connectivity index (χ3v) is 2.77. The third-order valence-electron chi connectivity index (χ3n) is 1.55. The van der Waals surface area contributed by atoms with Crippen molar-refractivity contribution in [2.24, 2.45) is 0 Å². The number of anilines is 1. The van der Waals surface area contributed by atoms with Crippen LogP contribution in [0.5, 0.6) is 0 Å². The van der Waals surface area contributed by atoms with Gasteiger partial charge in [0.2, 0.25) is 0 Å². The van der Waals surface area contributed by atoms with Crippen LogP contribution in [0.2, 0.25) is 5.02 Å². The highest BCUT2D eigenvalue weighted by Gasteiger charge is 2.00. The molecule has 1 rings (SSSR count). The van der Waals surface area contributed by atoms with Crippen molar-refractivity contribution in [2.45, 2.75) is 13.0 Å². The van der Waals surface area contributed by atoms with Crippen LogP contribution in [0.15, 0.2) is 22.7 Å². The summed E-state index contributed by atoms with van der Waals surface area (Å²) in [7, 11) is 0. The molecule has 68 valence electrons. The molecule has 3 heteroatoms. The maximum absolute atomic E-state index is 5.84. The van der Waals surface area contributed by atoms with Gasteiger partial charge in [0.25, 0.3) is 0 Å². The third kappa shape index (κ3) is 2.95. The standard InChI is InChI=1S/C10H9BrClN/c1-3-7(2)13-8-4-5-10(12)9(11)6-8/h1,4-7,13H,2H3. The molecular formula is C10H9BrClN. The number of nitrogens with one attached hydrogen (secondary N) is 1. The van der Waals surface area contributed by atoms with E-state index < -0.39 is 0 Å². The van der Waals surface area contributed by atoms with Crippen molar-refractivity contribution in [1.29, 1.82) is 0 Å². The molecule has 1 atom stereocenters. The van der Waals surface area contributed by atoms with E-state index in [2.05, 4.69) is 27.2 Å². The lowest BCUT2D eigenvalue weighted by Crippen LogP contribution is -2.11. The fourth-order valence-corrected chi connectivity index (χ4v) is 1.37. The van der Waals surface area contributed by atoms with E-state index in [1.54, 1.807) is 0 Å². The van der Waals surface area contributed by atoms with E-state index in [1.807, 2.05) is 25.1 Å². The second-order valence-electron chi connectivity index (χ2n) is 2.66. The largest absolute Gasteiger partial charge is 0.372 e. The first-order chi connectivity index (χ1) is 6.13. The van der Waals surface area contributed by atoms with E-state index in [1.165, 1.54) is 0 Å². The van der Waals surface area contributed by atoms with Gasteiger partial charge < -0.3 is 5.32 Å². The van der Waals surface area contributed by atoms with Crippen LogP contribution in [0.25, 0.3) is 0 Å². The van der Waals surface area contributed by atoms with Gasteiger partial charge in [-0.2, -0.15) is 0 Å². The minimum atomic E-state index is 0.0214. The van der Waals surface area contributed by atoms with Crippen molar-refractivity contribution >= 4 is 33.2 Å². The zero-order valence-electron chi connectivity index (χ0n) is 7.14. The van der Waals surface area contributed by atoms with E-state index in [9.17, 15) is 0 Å². The normalized spacial score (nSPS) is 11.8. The Labute approximate surface area is 91.6 Å². The molecule has 0 heterocycles. The van der Waals surface area contributed by atoms with Gasteiger partial charge in [-0.25, -0.2) is 0 Å². The summed E-state index contributed by atoms with van der Waals surface area (Å²) in [5.74, 6) is 2.59. The van der Waals surface area contributed by atoms with Gasteiger partial charge in [-0.3, -0.25) is 0 Å². The SMILES string of the molecule is C#CC(C)Nc1ccc(Cl)c(Br)c1. The molecule has 0 aliphatic rings. The summed E-state index contributed by atoms with van der Waals surface area (Å²) in [5, 5.41) is 3.83. The average Bonchev–Trinajstić information content (AvgIpc) is 2.11. The maximum Gasteiger partial charge on any atom is 0.0845 e. The predicted octanol–water partition coefficient (Wildman–Crippen LogP) is 3.54. The summed E-state index contributed by atoms with van der Waals surface area (Å²) >= 11 is 9.17. The molecule has 0 radical (unpaired) electrons. The predicted molar refractivity (Wildman–Crippen MR) is 61.1 cm³/mol. The lowest BCUT2D eigenvalue weighted by molar-refractivity contribution is 1.04. The van der Waals surface area contributed by atoms with E-state index in [0.29, 0.717) is 5.02 Å². The van der Waals surface area contributed by atoms with Gasteiger partial charge in [0, 0.05) is 10.2 Å². The Morgan fingerprint density at radius 3 is 2.85 bits per heavy atom. The van der Waals surface area contributed by atoms with E-state index >= 15 is 0 Å². The summed E-state index contributed by atoms with van der Waals surface area (Å²) in [6, 6.07) is 5.63. The highest BCUT2D eigenvalue weighted by Crippen LogP contribution is 2.25. The van der Waals surface area contributed by atoms with Gasteiger partial charge in [-0.05, 0) is 41.1 Å². The van der Waals surface area contributed by atoms with Crippen LogP contribution < -0.4 is 5.32 Å². The highest BCUT2D eigenvalue weighted by molar-refractivity contribution is 9.10. The zero-order valence-corrected chi connectivity index (χ0v) is 9.48. The summed E-state index contributed by atoms with van der Waals surface area (Å²) in [6.45, 7) is 1.92. The molecule has 1 aromatic rings. The molecule has 0 saturated carbocycles. The first-order valence-electron chi connectivity index (χ1n) is 3.81. The van der Waals surface area contributed by atoms with Crippen molar-refractivity contribution in [2.75, 3.05) is 5.32 Å². The number of benzene rings is 1. The Kier molecular flexibility index (Phi) is 3.65. The Morgan fingerprint density at radius 1 is 1.62 bits per heavy atom. The van der Waals surface area contributed by atoms with Crippen molar-refractivity contribution < 1.29 is 0 Å². The molecule has 0 saturated heterocycles. The van der Waals surface area contributed by atoms with Gasteiger partial charge in [-0.1, -0.05) is 17.5 Å². The van der Waals surface area contributed by atoms with Crippen LogP contribution in [0.3, 0.4) is 0 Å². The molecule has 1 unspecified atom stereocenters. The lowest BCUT2D eigenvalue weighted by Gasteiger charge is -2.09. The fourth-order valence-electron chi connectivity index (χ4n) is 0.878. The monoisotopic (exact) mass is 257 g/mol. The molecule has 0 aliphatic carbocycles. The maximum atomic E-state index is 5.84. The second-order valence-corrected chi connectivity index (χ2v) is 3.92. The van der Waals surface area contributed by atoms with Crippen LogP contribution in [-0.2, 0) is 0 Å². The lowest BCUT2D eigenvalue weighted by atomic mass is 10.3. The van der Waals surface area contributed by atoms with Crippen molar-refractivity contribution in [3.05, 3.63) is 27.7 Å². The number of hydrogen-bond donors (Lipinski definition) is 1. The van der Waals surface area contributed by atoms with Crippen molar-refractivity contribution in [3.63, 3.8) is 0 Å². The highest BCUT2D eigenvalue weighted by atomic mass is 79.9. The van der Waals surface area contributed by atoms with E-state index in [4.69, 9.17) is 18.0 Å². The first kappa shape index (κ1) is 10.4. The van der Waals surface area contributed by atoms with Crippen LogP contribution in [0, 0.1) is 12.3 Å². The van der Waals surface area contributed by atoms with Crippen LogP contribution in [0.4, 0.5) is 5.69 Å². The quantitative estimate of drug-likeness (QED) is 0.800. The molecule has 0 aliphatic heterocycles. The second kappa shape index (κ2) is 4.55. The van der Waals surface area contributed by atoms with Crippen molar-refractivity contribution in [1.82, 2.24) is 0 Å². The number of rotatable bonds is 2. The van der Waals surface area contributed by atoms with Gasteiger partial charge >= 0.3 is 0 Å². The minimum Gasteiger partial charge on any atom is -0.372 e. The van der Waals surface area contributed by atoms with Gasteiger partial charge in [0.15, 0.2) is 0 Å².